The minimum atomic E-state index is 0.894. The van der Waals surface area contributed by atoms with E-state index in [9.17, 15) is 0 Å². The molecule has 0 radical (unpaired) electrons. The first-order valence-electron chi connectivity index (χ1n) is 17.6. The first-order chi connectivity index (χ1) is 25.5. The van der Waals surface area contributed by atoms with E-state index in [1.165, 1.54) is 30.6 Å². The third-order valence-electron chi connectivity index (χ3n) is 8.99. The van der Waals surface area contributed by atoms with Gasteiger partial charge in [-0.3, -0.25) is 0 Å². The number of benzene rings is 4. The lowest BCUT2D eigenvalue weighted by Gasteiger charge is -2.27. The van der Waals surface area contributed by atoms with E-state index in [0.717, 1.165) is 51.7 Å². The van der Waals surface area contributed by atoms with Crippen LogP contribution in [-0.4, -0.2) is 0 Å². The van der Waals surface area contributed by atoms with Gasteiger partial charge in [0.1, 0.15) is 0 Å². The highest BCUT2D eigenvalue weighted by Gasteiger charge is 2.16. The van der Waals surface area contributed by atoms with Gasteiger partial charge >= 0.3 is 0 Å². The molecule has 0 fully saturated rings. The van der Waals surface area contributed by atoms with E-state index in [1.807, 2.05) is 47.8 Å². The van der Waals surface area contributed by atoms with Crippen molar-refractivity contribution < 1.29 is 0 Å². The lowest BCUT2D eigenvalue weighted by Crippen LogP contribution is -2.15. The summed E-state index contributed by atoms with van der Waals surface area (Å²) in [4.78, 5) is 9.76. The first-order valence-corrected chi connectivity index (χ1v) is 19.3. The Bertz CT molecular complexity index is 2290. The summed E-state index contributed by atoms with van der Waals surface area (Å²) in [6.07, 6.45) is 20.0. The molecule has 2 heterocycles. The largest absolute Gasteiger partial charge is 0.311 e. The van der Waals surface area contributed by atoms with Gasteiger partial charge in [-0.05, 0) is 140 Å². The molecular formula is C48H42N2S2. The van der Waals surface area contributed by atoms with Crippen LogP contribution in [0.1, 0.15) is 23.1 Å². The summed E-state index contributed by atoms with van der Waals surface area (Å²) < 4.78 is 0. The van der Waals surface area contributed by atoms with Crippen molar-refractivity contribution in [2.24, 2.45) is 0 Å². The smallest absolute Gasteiger partial charge is 0.0462 e. The van der Waals surface area contributed by atoms with Gasteiger partial charge in [-0.2, -0.15) is 0 Å². The molecule has 0 N–H and O–H groups in total. The van der Waals surface area contributed by atoms with Crippen molar-refractivity contribution >= 4 is 45.4 Å². The second-order valence-electron chi connectivity index (χ2n) is 12.7. The summed E-state index contributed by atoms with van der Waals surface area (Å²) in [5.41, 5.74) is 11.2. The minimum Gasteiger partial charge on any atom is -0.311 e. The predicted octanol–water partition coefficient (Wildman–Crippen LogP) is 14.7. The van der Waals surface area contributed by atoms with Crippen LogP contribution in [-0.2, 0) is 0 Å². The van der Waals surface area contributed by atoms with Crippen LogP contribution in [0.2, 0.25) is 0 Å². The highest BCUT2D eigenvalue weighted by atomic mass is 32.1. The fourth-order valence-corrected chi connectivity index (χ4v) is 8.08. The van der Waals surface area contributed by atoms with Crippen molar-refractivity contribution in [3.05, 3.63) is 204 Å². The summed E-state index contributed by atoms with van der Waals surface area (Å²) in [6.45, 7) is 10.8. The Morgan fingerprint density at radius 1 is 0.577 bits per heavy atom. The number of aryl methyl sites for hydroxylation is 2. The van der Waals surface area contributed by atoms with Gasteiger partial charge < -0.3 is 9.80 Å². The van der Waals surface area contributed by atoms with Crippen LogP contribution in [0.5, 0.6) is 0 Å². The Kier molecular flexibility index (Phi) is 10.8. The molecule has 0 spiro atoms. The Morgan fingerprint density at radius 3 is 1.52 bits per heavy atom. The zero-order valence-corrected chi connectivity index (χ0v) is 31.5. The molecule has 52 heavy (non-hydrogen) atoms. The number of hydrogen-bond donors (Lipinski definition) is 0. The molecule has 0 saturated heterocycles. The number of allylic oxidation sites excluding steroid dienone is 9. The van der Waals surface area contributed by atoms with Crippen molar-refractivity contribution in [3.8, 4) is 32.0 Å². The quantitative estimate of drug-likeness (QED) is 0.124. The average molecular weight is 711 g/mol. The van der Waals surface area contributed by atoms with E-state index >= 15 is 0 Å². The third kappa shape index (κ3) is 7.94. The lowest BCUT2D eigenvalue weighted by atomic mass is 10.0. The number of thiophene rings is 2. The number of rotatable bonds is 11. The second kappa shape index (κ2) is 16.1. The molecule has 1 aliphatic carbocycles. The van der Waals surface area contributed by atoms with E-state index in [2.05, 4.69) is 188 Å². The van der Waals surface area contributed by atoms with Crippen LogP contribution >= 0.6 is 22.7 Å². The van der Waals surface area contributed by atoms with E-state index in [4.69, 9.17) is 0 Å². The summed E-state index contributed by atoms with van der Waals surface area (Å²) in [7, 11) is 0. The summed E-state index contributed by atoms with van der Waals surface area (Å²) >= 11 is 3.65. The van der Waals surface area contributed by atoms with Gasteiger partial charge in [0.15, 0.2) is 0 Å². The molecule has 4 heteroatoms. The summed E-state index contributed by atoms with van der Waals surface area (Å²) in [5, 5.41) is 0. The Balaban J connectivity index is 1.16. The van der Waals surface area contributed by atoms with Crippen LogP contribution in [0.3, 0.4) is 0 Å². The fourth-order valence-electron chi connectivity index (χ4n) is 6.33. The Labute approximate surface area is 316 Å². The molecule has 2 aromatic heterocycles. The molecule has 1 aliphatic rings. The zero-order valence-electron chi connectivity index (χ0n) is 29.9. The standard InChI is InChI=1S/C48H42N2S2/c1-5-6-9-12-35(2)49(44-29-21-40(22-30-44)47-33-15-36(3)51-47)43-25-17-38(18-26-43)39-19-27-45(28-20-39)50(42-13-10-7-8-11-14-42)46-31-23-41(24-32-46)48-34-16-37(4)52-48/h5-7,9-34H,2,8H2,1,3-4H3. The predicted molar refractivity (Wildman–Crippen MR) is 229 cm³/mol. The van der Waals surface area contributed by atoms with E-state index in [0.29, 0.717) is 0 Å². The van der Waals surface area contributed by atoms with Gasteiger partial charge in [0.05, 0.1) is 0 Å². The lowest BCUT2D eigenvalue weighted by molar-refractivity contribution is 1.21. The molecule has 0 aliphatic heterocycles. The van der Waals surface area contributed by atoms with Crippen LogP contribution in [0.25, 0.3) is 32.0 Å². The van der Waals surface area contributed by atoms with Crippen molar-refractivity contribution in [2.45, 2.75) is 27.2 Å². The zero-order chi connectivity index (χ0) is 35.9. The van der Waals surface area contributed by atoms with Crippen molar-refractivity contribution in [1.29, 1.82) is 0 Å². The molecule has 6 aromatic rings. The highest BCUT2D eigenvalue weighted by molar-refractivity contribution is 7.15. The first kappa shape index (κ1) is 34.8. The van der Waals surface area contributed by atoms with Crippen molar-refractivity contribution in [1.82, 2.24) is 0 Å². The van der Waals surface area contributed by atoms with Gasteiger partial charge in [0.25, 0.3) is 0 Å². The third-order valence-corrected chi connectivity index (χ3v) is 11.1. The molecule has 0 amide bonds. The van der Waals surface area contributed by atoms with Crippen molar-refractivity contribution in [2.75, 3.05) is 9.80 Å². The van der Waals surface area contributed by atoms with Gasteiger partial charge in [-0.25, -0.2) is 0 Å². The topological polar surface area (TPSA) is 6.48 Å². The highest BCUT2D eigenvalue weighted by Crippen LogP contribution is 2.37. The Hall–Kier alpha value is -5.68. The average Bonchev–Trinajstić information content (AvgIpc) is 3.72. The molecule has 0 atom stereocenters. The number of nitrogens with zero attached hydrogens (tertiary/aromatic N) is 2. The monoisotopic (exact) mass is 710 g/mol. The van der Waals surface area contributed by atoms with Gasteiger partial charge in [-0.15, -0.1) is 22.7 Å². The molecule has 0 bridgehead atoms. The van der Waals surface area contributed by atoms with Gasteiger partial charge in [-0.1, -0.05) is 91.6 Å². The minimum absolute atomic E-state index is 0.894. The maximum atomic E-state index is 4.45. The molecule has 4 aromatic carbocycles. The molecule has 7 rings (SSSR count). The summed E-state index contributed by atoms with van der Waals surface area (Å²) in [6, 6.07) is 44.1. The van der Waals surface area contributed by atoms with Crippen LogP contribution in [0.15, 0.2) is 194 Å². The van der Waals surface area contributed by atoms with E-state index < -0.39 is 0 Å². The number of anilines is 4. The van der Waals surface area contributed by atoms with Crippen molar-refractivity contribution in [3.63, 3.8) is 0 Å². The Morgan fingerprint density at radius 2 is 1.06 bits per heavy atom. The SMILES string of the molecule is C=C(C=CC=CC)N(c1ccc(-c2ccc(N(C3=CC=CCC=C3)c3ccc(-c4ccc(C)s4)cc3)cc2)cc1)c1ccc(-c2ccc(C)s2)cc1. The molecule has 0 saturated carbocycles. The fraction of sp³-hybridized carbons (Fsp3) is 0.0833. The van der Waals surface area contributed by atoms with Gasteiger partial charge in [0.2, 0.25) is 0 Å². The molecule has 2 nitrogen and oxygen atoms in total. The maximum Gasteiger partial charge on any atom is 0.0462 e. The van der Waals surface area contributed by atoms with Crippen LogP contribution in [0.4, 0.5) is 22.7 Å². The maximum absolute atomic E-state index is 4.45. The number of hydrogen-bond acceptors (Lipinski definition) is 4. The van der Waals surface area contributed by atoms with Gasteiger partial charge in [0, 0.05) is 53.7 Å². The molecule has 0 unspecified atom stereocenters. The molecule has 256 valence electrons. The van der Waals surface area contributed by atoms with Crippen LogP contribution < -0.4 is 9.80 Å². The second-order valence-corrected chi connectivity index (χ2v) is 15.3. The molecular weight excluding hydrogens is 669 g/mol. The van der Waals surface area contributed by atoms with E-state index in [-0.39, 0.29) is 0 Å². The normalized spacial score (nSPS) is 12.7. The van der Waals surface area contributed by atoms with Crippen LogP contribution in [0, 0.1) is 13.8 Å². The van der Waals surface area contributed by atoms with E-state index in [1.54, 1.807) is 0 Å². The summed E-state index contributed by atoms with van der Waals surface area (Å²) in [5.74, 6) is 0.